The Morgan fingerprint density at radius 2 is 2.07 bits per heavy atom. The van der Waals surface area contributed by atoms with Crippen LogP contribution < -0.4 is 0 Å². The van der Waals surface area contributed by atoms with Gasteiger partial charge < -0.3 is 9.64 Å². The van der Waals surface area contributed by atoms with E-state index in [0.717, 1.165) is 0 Å². The molecular weight excluding hydrogens is 194 g/mol. The third kappa shape index (κ3) is 5.20. The normalized spacial score (nSPS) is 9.87. The maximum absolute atomic E-state index is 11.7. The third-order valence-corrected chi connectivity index (χ3v) is 2.03. The number of nitrogens with zero attached hydrogens (tertiary/aromatic N) is 1. The van der Waals surface area contributed by atoms with Crippen LogP contribution in [0, 0.1) is 0 Å². The minimum absolute atomic E-state index is 0.00131. The van der Waals surface area contributed by atoms with Gasteiger partial charge in [-0.25, -0.2) is 0 Å². The van der Waals surface area contributed by atoms with Crippen molar-refractivity contribution in [2.75, 3.05) is 13.7 Å². The van der Waals surface area contributed by atoms with Gasteiger partial charge >= 0.3 is 5.97 Å². The smallest absolute Gasteiger partial charge is 0.325 e. The lowest BCUT2D eigenvalue weighted by Gasteiger charge is -2.25. The summed E-state index contributed by atoms with van der Waals surface area (Å²) in [4.78, 5) is 24.2. The molecule has 0 bridgehead atoms. The highest BCUT2D eigenvalue weighted by Crippen LogP contribution is 2.04. The molecule has 0 aromatic heterocycles. The molecule has 0 atom stereocenters. The van der Waals surface area contributed by atoms with Gasteiger partial charge in [0.1, 0.15) is 6.54 Å². The summed E-state index contributed by atoms with van der Waals surface area (Å²) in [7, 11) is 1.31. The fourth-order valence-corrected chi connectivity index (χ4v) is 1.13. The van der Waals surface area contributed by atoms with E-state index in [0.29, 0.717) is 12.8 Å². The standard InChI is InChI=1S/C11H19NO3/c1-5-6-7-10(13)12(9(2)3)8-11(14)15-4/h5,9H,1,6-8H2,2-4H3. The summed E-state index contributed by atoms with van der Waals surface area (Å²) in [5, 5.41) is 0. The molecule has 86 valence electrons. The Morgan fingerprint density at radius 3 is 2.47 bits per heavy atom. The summed E-state index contributed by atoms with van der Waals surface area (Å²) < 4.78 is 4.53. The van der Waals surface area contributed by atoms with E-state index in [4.69, 9.17) is 0 Å². The molecule has 0 unspecified atom stereocenters. The number of carbonyl (C=O) groups excluding carboxylic acids is 2. The van der Waals surface area contributed by atoms with Crippen molar-refractivity contribution in [2.45, 2.75) is 32.7 Å². The Hall–Kier alpha value is -1.32. The van der Waals surface area contributed by atoms with Gasteiger partial charge in [-0.1, -0.05) is 6.08 Å². The molecule has 0 heterocycles. The van der Waals surface area contributed by atoms with Crippen molar-refractivity contribution in [3.05, 3.63) is 12.7 Å². The van der Waals surface area contributed by atoms with Gasteiger partial charge in [0, 0.05) is 12.5 Å². The molecular formula is C11H19NO3. The summed E-state index contributed by atoms with van der Waals surface area (Å²) in [6.07, 6.45) is 2.70. The van der Waals surface area contributed by atoms with Crippen LogP contribution in [0.4, 0.5) is 0 Å². The molecule has 4 heteroatoms. The van der Waals surface area contributed by atoms with Gasteiger partial charge in [0.15, 0.2) is 0 Å². The first-order chi connectivity index (χ1) is 7.02. The number of allylic oxidation sites excluding steroid dienone is 1. The van der Waals surface area contributed by atoms with Gasteiger partial charge in [0.05, 0.1) is 7.11 Å². The summed E-state index contributed by atoms with van der Waals surface area (Å²) in [5.74, 6) is -0.439. The fraction of sp³-hybridized carbons (Fsp3) is 0.636. The van der Waals surface area contributed by atoms with Crippen molar-refractivity contribution in [3.8, 4) is 0 Å². The third-order valence-electron chi connectivity index (χ3n) is 2.03. The topological polar surface area (TPSA) is 46.6 Å². The molecule has 0 aliphatic rings. The summed E-state index contributed by atoms with van der Waals surface area (Å²) in [6.45, 7) is 7.31. The van der Waals surface area contributed by atoms with Crippen LogP contribution in [0.15, 0.2) is 12.7 Å². The van der Waals surface area contributed by atoms with Crippen molar-refractivity contribution in [3.63, 3.8) is 0 Å². The molecule has 0 radical (unpaired) electrons. The molecule has 0 saturated carbocycles. The molecule has 4 nitrogen and oxygen atoms in total. The number of esters is 1. The Kier molecular flexibility index (Phi) is 6.42. The Labute approximate surface area is 90.9 Å². The van der Waals surface area contributed by atoms with Crippen LogP contribution in [0.5, 0.6) is 0 Å². The van der Waals surface area contributed by atoms with E-state index in [1.165, 1.54) is 12.0 Å². The fourth-order valence-electron chi connectivity index (χ4n) is 1.13. The lowest BCUT2D eigenvalue weighted by Crippen LogP contribution is -2.40. The zero-order valence-electron chi connectivity index (χ0n) is 9.66. The van der Waals surface area contributed by atoms with E-state index in [1.54, 1.807) is 6.08 Å². The molecule has 1 amide bonds. The molecule has 0 rings (SSSR count). The highest BCUT2D eigenvalue weighted by molar-refractivity contribution is 5.82. The number of rotatable bonds is 6. The van der Waals surface area contributed by atoms with E-state index in [9.17, 15) is 9.59 Å². The lowest BCUT2D eigenvalue weighted by molar-refractivity contribution is -0.148. The van der Waals surface area contributed by atoms with Crippen LogP contribution in [-0.2, 0) is 14.3 Å². The molecule has 0 N–H and O–H groups in total. The maximum atomic E-state index is 11.7. The number of ether oxygens (including phenoxy) is 1. The van der Waals surface area contributed by atoms with Gasteiger partial charge in [0.2, 0.25) is 5.91 Å². The molecule has 0 aliphatic carbocycles. The molecule has 15 heavy (non-hydrogen) atoms. The Bertz CT molecular complexity index is 236. The summed E-state index contributed by atoms with van der Waals surface area (Å²) >= 11 is 0. The van der Waals surface area contributed by atoms with Crippen molar-refractivity contribution < 1.29 is 14.3 Å². The quantitative estimate of drug-likeness (QED) is 0.494. The first kappa shape index (κ1) is 13.7. The molecule has 0 spiro atoms. The number of hydrogen-bond donors (Lipinski definition) is 0. The zero-order chi connectivity index (χ0) is 11.8. The van der Waals surface area contributed by atoms with Gasteiger partial charge in [-0.2, -0.15) is 0 Å². The maximum Gasteiger partial charge on any atom is 0.325 e. The van der Waals surface area contributed by atoms with Crippen molar-refractivity contribution in [1.82, 2.24) is 4.90 Å². The van der Waals surface area contributed by atoms with E-state index < -0.39 is 5.97 Å². The molecule has 0 aromatic rings. The van der Waals surface area contributed by atoms with E-state index in [2.05, 4.69) is 11.3 Å². The van der Waals surface area contributed by atoms with Crippen LogP contribution in [0.25, 0.3) is 0 Å². The zero-order valence-corrected chi connectivity index (χ0v) is 9.66. The van der Waals surface area contributed by atoms with Gasteiger partial charge in [-0.3, -0.25) is 9.59 Å². The highest BCUT2D eigenvalue weighted by atomic mass is 16.5. The summed E-state index contributed by atoms with van der Waals surface area (Å²) in [6, 6.07) is 0.00131. The molecule has 0 fully saturated rings. The van der Waals surface area contributed by atoms with E-state index >= 15 is 0 Å². The number of methoxy groups -OCH3 is 1. The predicted octanol–water partition coefficient (Wildman–Crippen LogP) is 1.36. The van der Waals surface area contributed by atoms with Crippen LogP contribution in [0.2, 0.25) is 0 Å². The SMILES string of the molecule is C=CCCC(=O)N(CC(=O)OC)C(C)C. The average molecular weight is 213 g/mol. The monoisotopic (exact) mass is 213 g/mol. The van der Waals surface area contributed by atoms with Gasteiger partial charge in [-0.15, -0.1) is 6.58 Å². The first-order valence-corrected chi connectivity index (χ1v) is 5.00. The van der Waals surface area contributed by atoms with Crippen LogP contribution >= 0.6 is 0 Å². The first-order valence-electron chi connectivity index (χ1n) is 5.00. The second-order valence-electron chi connectivity index (χ2n) is 3.52. The van der Waals surface area contributed by atoms with Gasteiger partial charge in [-0.05, 0) is 20.3 Å². The second-order valence-corrected chi connectivity index (χ2v) is 3.52. The second kappa shape index (κ2) is 7.04. The van der Waals surface area contributed by atoms with Crippen LogP contribution in [-0.4, -0.2) is 36.5 Å². The van der Waals surface area contributed by atoms with Gasteiger partial charge in [0.25, 0.3) is 0 Å². The van der Waals surface area contributed by atoms with E-state index in [1.807, 2.05) is 13.8 Å². The average Bonchev–Trinajstić information content (AvgIpc) is 2.21. The minimum Gasteiger partial charge on any atom is -0.468 e. The number of carbonyl (C=O) groups is 2. The van der Waals surface area contributed by atoms with Crippen molar-refractivity contribution in [1.29, 1.82) is 0 Å². The Balaban J connectivity index is 4.31. The molecule has 0 aromatic carbocycles. The Morgan fingerprint density at radius 1 is 1.47 bits per heavy atom. The largest absolute Gasteiger partial charge is 0.468 e. The molecule has 0 saturated heterocycles. The lowest BCUT2D eigenvalue weighted by atomic mass is 10.2. The molecule has 0 aliphatic heterocycles. The predicted molar refractivity (Wildman–Crippen MR) is 58.3 cm³/mol. The minimum atomic E-state index is -0.393. The summed E-state index contributed by atoms with van der Waals surface area (Å²) in [5.41, 5.74) is 0. The van der Waals surface area contributed by atoms with Crippen molar-refractivity contribution in [2.24, 2.45) is 0 Å². The number of amides is 1. The van der Waals surface area contributed by atoms with Crippen LogP contribution in [0.1, 0.15) is 26.7 Å². The van der Waals surface area contributed by atoms with Crippen LogP contribution in [0.3, 0.4) is 0 Å². The van der Waals surface area contributed by atoms with Crippen molar-refractivity contribution >= 4 is 11.9 Å². The highest BCUT2D eigenvalue weighted by Gasteiger charge is 2.19. The number of hydrogen-bond acceptors (Lipinski definition) is 3. The van der Waals surface area contributed by atoms with E-state index in [-0.39, 0.29) is 18.5 Å².